The molecule has 1 aromatic carbocycles. The molecule has 7 nitrogen and oxygen atoms in total. The van der Waals surface area contributed by atoms with E-state index in [0.717, 1.165) is 39.5 Å². The molecule has 0 aromatic heterocycles. The number of nitrogens with zero attached hydrogens (tertiary/aromatic N) is 4. The van der Waals surface area contributed by atoms with Crippen molar-refractivity contribution in [1.82, 2.24) is 14.7 Å². The van der Waals surface area contributed by atoms with Crippen LogP contribution in [-0.2, 0) is 16.1 Å². The van der Waals surface area contributed by atoms with Crippen LogP contribution in [0.25, 0.3) is 0 Å². The standard InChI is InChI=1S/C24H33F3N4O3/c1-17-4-5-20(21(12-17)30-7-6-23(14-30)15-31(16-23)19(3)32)13-28-8-10-29(11-9-28)22(33)34-18(2)24(25,26)27/h4-5,12,18H,6-11,13-16H2,1-3H3. The molecular formula is C24H33F3N4O3. The molecule has 1 unspecified atom stereocenters. The van der Waals surface area contributed by atoms with Crippen molar-refractivity contribution in [3.8, 4) is 0 Å². The molecule has 1 aromatic rings. The number of hydrogen-bond donors (Lipinski definition) is 0. The molecule has 4 rings (SSSR count). The zero-order valence-corrected chi connectivity index (χ0v) is 20.0. The maximum Gasteiger partial charge on any atom is 0.425 e. The third kappa shape index (κ3) is 5.26. The van der Waals surface area contributed by atoms with Crippen molar-refractivity contribution < 1.29 is 27.5 Å². The topological polar surface area (TPSA) is 56.3 Å². The number of anilines is 1. The third-order valence-electron chi connectivity index (χ3n) is 7.28. The minimum atomic E-state index is -4.56. The van der Waals surface area contributed by atoms with Crippen LogP contribution in [0.15, 0.2) is 18.2 Å². The van der Waals surface area contributed by atoms with E-state index in [2.05, 4.69) is 39.7 Å². The molecule has 1 atom stereocenters. The van der Waals surface area contributed by atoms with Gasteiger partial charge in [-0.1, -0.05) is 12.1 Å². The van der Waals surface area contributed by atoms with Gasteiger partial charge in [0.1, 0.15) is 0 Å². The Hall–Kier alpha value is -2.49. The first kappa shape index (κ1) is 24.6. The van der Waals surface area contributed by atoms with E-state index in [4.69, 9.17) is 0 Å². The highest BCUT2D eigenvalue weighted by molar-refractivity contribution is 5.74. The predicted octanol–water partition coefficient (Wildman–Crippen LogP) is 3.26. The minimum Gasteiger partial charge on any atom is -0.437 e. The lowest BCUT2D eigenvalue weighted by Gasteiger charge is -2.47. The fourth-order valence-electron chi connectivity index (χ4n) is 5.11. The summed E-state index contributed by atoms with van der Waals surface area (Å²) in [4.78, 5) is 31.6. The van der Waals surface area contributed by atoms with E-state index in [-0.39, 0.29) is 11.3 Å². The number of carbonyl (C=O) groups is 2. The molecule has 0 bridgehead atoms. The molecule has 0 aliphatic carbocycles. The molecule has 0 radical (unpaired) electrons. The zero-order chi connectivity index (χ0) is 24.7. The highest BCUT2D eigenvalue weighted by atomic mass is 19.4. The number of amides is 2. The van der Waals surface area contributed by atoms with Gasteiger partial charge < -0.3 is 19.4 Å². The van der Waals surface area contributed by atoms with Gasteiger partial charge in [0.2, 0.25) is 5.91 Å². The van der Waals surface area contributed by atoms with Crippen LogP contribution in [0.2, 0.25) is 0 Å². The van der Waals surface area contributed by atoms with E-state index < -0.39 is 18.4 Å². The van der Waals surface area contributed by atoms with Crippen molar-refractivity contribution in [3.63, 3.8) is 0 Å². The van der Waals surface area contributed by atoms with Crippen molar-refractivity contribution in [1.29, 1.82) is 0 Å². The second kappa shape index (κ2) is 9.28. The predicted molar refractivity (Wildman–Crippen MR) is 122 cm³/mol. The Morgan fingerprint density at radius 1 is 1.06 bits per heavy atom. The highest BCUT2D eigenvalue weighted by Crippen LogP contribution is 2.42. The Morgan fingerprint density at radius 2 is 1.74 bits per heavy atom. The van der Waals surface area contributed by atoms with Gasteiger partial charge in [-0.3, -0.25) is 9.69 Å². The van der Waals surface area contributed by atoms with Crippen molar-refractivity contribution >= 4 is 17.7 Å². The zero-order valence-electron chi connectivity index (χ0n) is 20.0. The van der Waals surface area contributed by atoms with Crippen LogP contribution in [0.3, 0.4) is 0 Å². The molecule has 3 saturated heterocycles. The molecule has 3 fully saturated rings. The van der Waals surface area contributed by atoms with Crippen LogP contribution in [0, 0.1) is 12.3 Å². The van der Waals surface area contributed by atoms with Gasteiger partial charge in [-0.15, -0.1) is 0 Å². The van der Waals surface area contributed by atoms with Gasteiger partial charge in [-0.2, -0.15) is 13.2 Å². The Morgan fingerprint density at radius 3 is 2.35 bits per heavy atom. The number of ether oxygens (including phenoxy) is 1. The van der Waals surface area contributed by atoms with E-state index in [0.29, 0.717) is 32.7 Å². The smallest absolute Gasteiger partial charge is 0.425 e. The maximum absolute atomic E-state index is 12.7. The fraction of sp³-hybridized carbons (Fsp3) is 0.667. The lowest BCUT2D eigenvalue weighted by Crippen LogP contribution is -2.59. The van der Waals surface area contributed by atoms with Crippen LogP contribution in [0.1, 0.15) is 31.4 Å². The summed E-state index contributed by atoms with van der Waals surface area (Å²) in [7, 11) is 0. The quantitative estimate of drug-likeness (QED) is 0.660. The van der Waals surface area contributed by atoms with Gasteiger partial charge in [0.15, 0.2) is 6.10 Å². The molecule has 2 amide bonds. The van der Waals surface area contributed by atoms with Gasteiger partial charge in [0, 0.05) is 76.9 Å². The average Bonchev–Trinajstić information content (AvgIpc) is 3.19. The summed E-state index contributed by atoms with van der Waals surface area (Å²) in [5.74, 6) is 0.135. The molecule has 0 saturated carbocycles. The van der Waals surface area contributed by atoms with E-state index in [1.54, 1.807) is 6.92 Å². The first-order valence-corrected chi connectivity index (χ1v) is 11.8. The van der Waals surface area contributed by atoms with Gasteiger partial charge in [-0.25, -0.2) is 4.79 Å². The lowest BCUT2D eigenvalue weighted by atomic mass is 9.79. The summed E-state index contributed by atoms with van der Waals surface area (Å²) >= 11 is 0. The van der Waals surface area contributed by atoms with E-state index in [1.807, 2.05) is 4.90 Å². The number of carbonyl (C=O) groups excluding carboxylic acids is 2. The number of rotatable bonds is 4. The van der Waals surface area contributed by atoms with Crippen LogP contribution in [-0.4, -0.2) is 91.3 Å². The van der Waals surface area contributed by atoms with Crippen LogP contribution in [0.4, 0.5) is 23.7 Å². The molecular weight excluding hydrogens is 449 g/mol. The monoisotopic (exact) mass is 482 g/mol. The lowest BCUT2D eigenvalue weighted by molar-refractivity contribution is -0.200. The number of alkyl halides is 3. The SMILES string of the molecule is CC(=O)N1CC2(CCN(c3cc(C)ccc3CN3CCN(C(=O)OC(C)C(F)(F)F)CC3)C2)C1. The van der Waals surface area contributed by atoms with Gasteiger partial charge in [-0.05, 0) is 37.5 Å². The first-order chi connectivity index (χ1) is 16.0. The van der Waals surface area contributed by atoms with E-state index >= 15 is 0 Å². The summed E-state index contributed by atoms with van der Waals surface area (Å²) in [5.41, 5.74) is 3.78. The number of hydrogen-bond acceptors (Lipinski definition) is 5. The molecule has 3 heterocycles. The summed E-state index contributed by atoms with van der Waals surface area (Å²) in [5, 5.41) is 0. The number of likely N-dealkylation sites (tertiary alicyclic amines) is 1. The van der Waals surface area contributed by atoms with Crippen LogP contribution < -0.4 is 4.90 Å². The molecule has 1 spiro atoms. The van der Waals surface area contributed by atoms with E-state index in [1.165, 1.54) is 21.7 Å². The number of benzene rings is 1. The van der Waals surface area contributed by atoms with Crippen molar-refractivity contribution in [3.05, 3.63) is 29.3 Å². The van der Waals surface area contributed by atoms with Gasteiger partial charge in [0.25, 0.3) is 0 Å². The van der Waals surface area contributed by atoms with Crippen molar-refractivity contribution in [2.75, 3.05) is 57.3 Å². The molecule has 10 heteroatoms. The normalized spacial score (nSPS) is 21.5. The highest BCUT2D eigenvalue weighted by Gasteiger charge is 2.48. The molecule has 3 aliphatic rings. The third-order valence-corrected chi connectivity index (χ3v) is 7.28. The van der Waals surface area contributed by atoms with Crippen LogP contribution >= 0.6 is 0 Å². The second-order valence-electron chi connectivity index (χ2n) is 10.0. The average molecular weight is 483 g/mol. The molecule has 3 aliphatic heterocycles. The number of piperazine rings is 1. The van der Waals surface area contributed by atoms with E-state index in [9.17, 15) is 22.8 Å². The summed E-state index contributed by atoms with van der Waals surface area (Å²) < 4.78 is 42.6. The fourth-order valence-corrected chi connectivity index (χ4v) is 5.11. The Bertz CT molecular complexity index is 925. The number of halogens is 3. The first-order valence-electron chi connectivity index (χ1n) is 11.8. The minimum absolute atomic E-state index is 0.135. The number of aryl methyl sites for hydroxylation is 1. The van der Waals surface area contributed by atoms with Gasteiger partial charge >= 0.3 is 12.3 Å². The Labute approximate surface area is 198 Å². The largest absolute Gasteiger partial charge is 0.437 e. The summed E-state index contributed by atoms with van der Waals surface area (Å²) in [6.45, 7) is 10.6. The second-order valence-corrected chi connectivity index (χ2v) is 10.0. The maximum atomic E-state index is 12.7. The Balaban J connectivity index is 1.34. The molecule has 188 valence electrons. The molecule has 34 heavy (non-hydrogen) atoms. The Kier molecular flexibility index (Phi) is 6.72. The molecule has 0 N–H and O–H groups in total. The van der Waals surface area contributed by atoms with Crippen LogP contribution in [0.5, 0.6) is 0 Å². The van der Waals surface area contributed by atoms with Crippen molar-refractivity contribution in [2.24, 2.45) is 5.41 Å². The van der Waals surface area contributed by atoms with Crippen molar-refractivity contribution in [2.45, 2.75) is 46.0 Å². The van der Waals surface area contributed by atoms with Gasteiger partial charge in [0.05, 0.1) is 0 Å². The summed E-state index contributed by atoms with van der Waals surface area (Å²) in [6.07, 6.45) is -6.52. The summed E-state index contributed by atoms with van der Waals surface area (Å²) in [6, 6.07) is 6.45.